The van der Waals surface area contributed by atoms with Crippen LogP contribution in [0.4, 0.5) is 0 Å². The third-order valence-corrected chi connectivity index (χ3v) is 3.41. The molecule has 0 saturated carbocycles. The molecule has 20 heavy (non-hydrogen) atoms. The second-order valence-corrected chi connectivity index (χ2v) is 5.66. The molecule has 0 amide bonds. The Morgan fingerprint density at radius 1 is 1.50 bits per heavy atom. The summed E-state index contributed by atoms with van der Waals surface area (Å²) in [6, 6.07) is 5.31. The molecule has 1 fully saturated rings. The van der Waals surface area contributed by atoms with Crippen LogP contribution < -0.4 is 4.74 Å². The van der Waals surface area contributed by atoms with Crippen LogP contribution >= 0.6 is 0 Å². The van der Waals surface area contributed by atoms with E-state index < -0.39 is 5.97 Å². The lowest BCUT2D eigenvalue weighted by molar-refractivity contribution is -0.0882. The maximum atomic E-state index is 11.2. The summed E-state index contributed by atoms with van der Waals surface area (Å²) in [5, 5.41) is 9.20. The number of aromatic carboxylic acids is 1. The second kappa shape index (κ2) is 5.81. The SMILES string of the molecule is COc1ccc(CN2CCOC(C)(C)C2)cc1C(=O)O. The van der Waals surface area contributed by atoms with E-state index in [1.807, 2.05) is 6.07 Å². The van der Waals surface area contributed by atoms with Gasteiger partial charge in [0.2, 0.25) is 0 Å². The number of carboxylic acid groups (broad SMARTS) is 1. The van der Waals surface area contributed by atoms with E-state index in [0.29, 0.717) is 12.4 Å². The number of rotatable bonds is 4. The normalized spacial score (nSPS) is 18.8. The van der Waals surface area contributed by atoms with E-state index in [4.69, 9.17) is 9.47 Å². The quantitative estimate of drug-likeness (QED) is 0.913. The maximum Gasteiger partial charge on any atom is 0.339 e. The van der Waals surface area contributed by atoms with Gasteiger partial charge in [0.05, 0.1) is 19.3 Å². The van der Waals surface area contributed by atoms with E-state index in [1.165, 1.54) is 7.11 Å². The van der Waals surface area contributed by atoms with Crippen LogP contribution in [0.5, 0.6) is 5.75 Å². The Labute approximate surface area is 119 Å². The number of morpholine rings is 1. The molecule has 0 atom stereocenters. The highest BCUT2D eigenvalue weighted by Gasteiger charge is 2.27. The molecule has 1 aliphatic rings. The van der Waals surface area contributed by atoms with Gasteiger partial charge in [0, 0.05) is 19.6 Å². The summed E-state index contributed by atoms with van der Waals surface area (Å²) in [6.07, 6.45) is 0. The highest BCUT2D eigenvalue weighted by Crippen LogP contribution is 2.23. The van der Waals surface area contributed by atoms with Crippen molar-refractivity contribution in [3.05, 3.63) is 29.3 Å². The lowest BCUT2D eigenvalue weighted by Gasteiger charge is -2.38. The van der Waals surface area contributed by atoms with Crippen LogP contribution in [0.2, 0.25) is 0 Å². The van der Waals surface area contributed by atoms with Crippen molar-refractivity contribution >= 4 is 5.97 Å². The van der Waals surface area contributed by atoms with Gasteiger partial charge in [0.15, 0.2) is 0 Å². The molecule has 2 rings (SSSR count). The largest absolute Gasteiger partial charge is 0.496 e. The molecule has 1 aliphatic heterocycles. The van der Waals surface area contributed by atoms with Crippen LogP contribution in [0, 0.1) is 0 Å². The van der Waals surface area contributed by atoms with Gasteiger partial charge in [-0.3, -0.25) is 4.90 Å². The van der Waals surface area contributed by atoms with Crippen molar-refractivity contribution in [2.45, 2.75) is 26.0 Å². The summed E-state index contributed by atoms with van der Waals surface area (Å²) in [5.41, 5.74) is 1.03. The van der Waals surface area contributed by atoms with Gasteiger partial charge in [-0.1, -0.05) is 6.07 Å². The third-order valence-electron chi connectivity index (χ3n) is 3.41. The van der Waals surface area contributed by atoms with Crippen LogP contribution in [-0.2, 0) is 11.3 Å². The topological polar surface area (TPSA) is 59.0 Å². The molecule has 1 aromatic carbocycles. The molecule has 0 aliphatic carbocycles. The van der Waals surface area contributed by atoms with Crippen molar-refractivity contribution in [2.75, 3.05) is 26.8 Å². The van der Waals surface area contributed by atoms with E-state index >= 15 is 0 Å². The van der Waals surface area contributed by atoms with Crippen molar-refractivity contribution in [1.82, 2.24) is 4.90 Å². The molecule has 1 saturated heterocycles. The summed E-state index contributed by atoms with van der Waals surface area (Å²) in [6.45, 7) is 7.25. The maximum absolute atomic E-state index is 11.2. The number of hydrogen-bond acceptors (Lipinski definition) is 4. The zero-order valence-electron chi connectivity index (χ0n) is 12.2. The van der Waals surface area contributed by atoms with Crippen molar-refractivity contribution in [3.8, 4) is 5.75 Å². The van der Waals surface area contributed by atoms with Crippen LogP contribution in [-0.4, -0.2) is 48.4 Å². The molecule has 0 bridgehead atoms. The van der Waals surface area contributed by atoms with Crippen molar-refractivity contribution < 1.29 is 19.4 Å². The van der Waals surface area contributed by atoms with Gasteiger partial charge in [0.25, 0.3) is 0 Å². The average molecular weight is 279 g/mol. The highest BCUT2D eigenvalue weighted by molar-refractivity contribution is 5.91. The molecule has 0 radical (unpaired) electrons. The predicted octanol–water partition coefficient (Wildman–Crippen LogP) is 2.00. The molecule has 0 aromatic heterocycles. The molecule has 5 heteroatoms. The lowest BCUT2D eigenvalue weighted by Crippen LogP contribution is -2.47. The van der Waals surface area contributed by atoms with Gasteiger partial charge in [-0.2, -0.15) is 0 Å². The monoisotopic (exact) mass is 279 g/mol. The van der Waals surface area contributed by atoms with Crippen molar-refractivity contribution in [3.63, 3.8) is 0 Å². The fourth-order valence-corrected chi connectivity index (χ4v) is 2.53. The molecular formula is C15H21NO4. The number of nitrogens with zero attached hydrogens (tertiary/aromatic N) is 1. The lowest BCUT2D eigenvalue weighted by atomic mass is 10.1. The average Bonchev–Trinajstić information content (AvgIpc) is 2.37. The minimum absolute atomic E-state index is 0.152. The Kier molecular flexibility index (Phi) is 4.30. The summed E-state index contributed by atoms with van der Waals surface area (Å²) < 4.78 is 10.7. The van der Waals surface area contributed by atoms with Crippen LogP contribution in [0.1, 0.15) is 29.8 Å². The first-order valence-electron chi connectivity index (χ1n) is 6.68. The van der Waals surface area contributed by atoms with Crippen LogP contribution in [0.3, 0.4) is 0 Å². The van der Waals surface area contributed by atoms with Crippen LogP contribution in [0.25, 0.3) is 0 Å². The van der Waals surface area contributed by atoms with Gasteiger partial charge in [0.1, 0.15) is 11.3 Å². The Bertz CT molecular complexity index is 499. The first-order valence-corrected chi connectivity index (χ1v) is 6.68. The second-order valence-electron chi connectivity index (χ2n) is 5.66. The van der Waals surface area contributed by atoms with Crippen molar-refractivity contribution in [2.24, 2.45) is 0 Å². The summed E-state index contributed by atoms with van der Waals surface area (Å²) in [5.74, 6) is -0.574. The highest BCUT2D eigenvalue weighted by atomic mass is 16.5. The number of carboxylic acids is 1. The molecular weight excluding hydrogens is 258 g/mol. The molecule has 1 N–H and O–H groups in total. The van der Waals surface area contributed by atoms with Crippen LogP contribution in [0.15, 0.2) is 18.2 Å². The number of methoxy groups -OCH3 is 1. The van der Waals surface area contributed by atoms with Crippen molar-refractivity contribution in [1.29, 1.82) is 0 Å². The summed E-state index contributed by atoms with van der Waals surface area (Å²) in [4.78, 5) is 13.5. The summed E-state index contributed by atoms with van der Waals surface area (Å²) in [7, 11) is 1.48. The summed E-state index contributed by atoms with van der Waals surface area (Å²) >= 11 is 0. The standard InChI is InChI=1S/C15H21NO4/c1-15(2)10-16(6-7-20-15)9-11-4-5-13(19-3)12(8-11)14(17)18/h4-5,8H,6-7,9-10H2,1-3H3,(H,17,18). The zero-order valence-corrected chi connectivity index (χ0v) is 12.2. The Balaban J connectivity index is 2.13. The zero-order chi connectivity index (χ0) is 14.8. The van der Waals surface area contributed by atoms with Gasteiger partial charge in [-0.25, -0.2) is 4.79 Å². The van der Waals surface area contributed by atoms with Gasteiger partial charge in [-0.05, 0) is 31.5 Å². The van der Waals surface area contributed by atoms with E-state index in [1.54, 1.807) is 12.1 Å². The number of hydrogen-bond donors (Lipinski definition) is 1. The first-order chi connectivity index (χ1) is 9.41. The minimum Gasteiger partial charge on any atom is -0.496 e. The van der Waals surface area contributed by atoms with E-state index in [-0.39, 0.29) is 11.2 Å². The Morgan fingerprint density at radius 3 is 2.85 bits per heavy atom. The Hall–Kier alpha value is -1.59. The minimum atomic E-state index is -0.967. The fourth-order valence-electron chi connectivity index (χ4n) is 2.53. The van der Waals surface area contributed by atoms with Gasteiger partial charge >= 0.3 is 5.97 Å². The number of carbonyl (C=O) groups is 1. The number of ether oxygens (including phenoxy) is 2. The molecule has 1 heterocycles. The van der Waals surface area contributed by atoms with Gasteiger partial charge in [-0.15, -0.1) is 0 Å². The predicted molar refractivity (Wildman–Crippen MR) is 75.3 cm³/mol. The van der Waals surface area contributed by atoms with E-state index in [0.717, 1.165) is 25.2 Å². The number of benzene rings is 1. The third kappa shape index (κ3) is 3.49. The smallest absolute Gasteiger partial charge is 0.339 e. The molecule has 5 nitrogen and oxygen atoms in total. The molecule has 1 aromatic rings. The fraction of sp³-hybridized carbons (Fsp3) is 0.533. The molecule has 0 unspecified atom stereocenters. The van der Waals surface area contributed by atoms with E-state index in [2.05, 4.69) is 18.7 Å². The molecule has 0 spiro atoms. The van der Waals surface area contributed by atoms with Gasteiger partial charge < -0.3 is 14.6 Å². The Morgan fingerprint density at radius 2 is 2.25 bits per heavy atom. The molecule has 110 valence electrons. The van der Waals surface area contributed by atoms with E-state index in [9.17, 15) is 9.90 Å². The first kappa shape index (κ1) is 14.8.